The molecule has 0 aromatic heterocycles. The molecule has 2 unspecified atom stereocenters. The molecule has 6 heteroatoms. The zero-order chi connectivity index (χ0) is 12.8. The monoisotopic (exact) mass is 241 g/mol. The molecule has 1 aliphatic carbocycles. The second-order valence-corrected chi connectivity index (χ2v) is 3.79. The third-order valence-corrected chi connectivity index (χ3v) is 2.72. The van der Waals surface area contributed by atoms with Gasteiger partial charge in [0.1, 0.15) is 6.54 Å². The lowest BCUT2D eigenvalue weighted by Gasteiger charge is -2.23. The topological polar surface area (TPSA) is 92.7 Å². The number of allylic oxidation sites excluding steroid dienone is 2. The summed E-state index contributed by atoms with van der Waals surface area (Å²) >= 11 is 0. The van der Waals surface area contributed by atoms with Crippen LogP contribution in [0.4, 0.5) is 0 Å². The highest BCUT2D eigenvalue weighted by atomic mass is 16.5. The van der Waals surface area contributed by atoms with Crippen LogP contribution in [-0.2, 0) is 19.1 Å². The quantitative estimate of drug-likeness (QED) is 0.531. The lowest BCUT2D eigenvalue weighted by atomic mass is 9.82. The van der Waals surface area contributed by atoms with Gasteiger partial charge in [-0.2, -0.15) is 0 Å². The molecule has 94 valence electrons. The van der Waals surface area contributed by atoms with E-state index in [1.165, 1.54) is 7.11 Å². The summed E-state index contributed by atoms with van der Waals surface area (Å²) in [4.78, 5) is 33.5. The Labute approximate surface area is 98.6 Å². The van der Waals surface area contributed by atoms with Crippen LogP contribution in [0.5, 0.6) is 0 Å². The Morgan fingerprint density at radius 3 is 2.41 bits per heavy atom. The molecule has 0 spiro atoms. The maximum atomic E-state index is 11.7. The van der Waals surface area contributed by atoms with Gasteiger partial charge in [0.2, 0.25) is 5.91 Å². The molecule has 0 saturated carbocycles. The van der Waals surface area contributed by atoms with Gasteiger partial charge in [-0.05, 0) is 12.8 Å². The fourth-order valence-electron chi connectivity index (χ4n) is 1.74. The maximum Gasteiger partial charge on any atom is 0.325 e. The van der Waals surface area contributed by atoms with E-state index in [4.69, 9.17) is 5.11 Å². The molecule has 2 N–H and O–H groups in total. The van der Waals surface area contributed by atoms with Crippen LogP contribution in [0.15, 0.2) is 12.2 Å². The molecule has 17 heavy (non-hydrogen) atoms. The second kappa shape index (κ2) is 6.03. The van der Waals surface area contributed by atoms with E-state index >= 15 is 0 Å². The van der Waals surface area contributed by atoms with Gasteiger partial charge in [0.05, 0.1) is 18.9 Å². The first-order valence-corrected chi connectivity index (χ1v) is 5.28. The lowest BCUT2D eigenvalue weighted by molar-refractivity contribution is -0.147. The van der Waals surface area contributed by atoms with E-state index in [1.54, 1.807) is 12.2 Å². The van der Waals surface area contributed by atoms with E-state index in [0.717, 1.165) is 0 Å². The molecule has 0 saturated heterocycles. The number of ether oxygens (including phenoxy) is 1. The Balaban J connectivity index is 2.57. The van der Waals surface area contributed by atoms with Crippen LogP contribution < -0.4 is 5.32 Å². The van der Waals surface area contributed by atoms with Crippen molar-refractivity contribution in [2.45, 2.75) is 12.8 Å². The van der Waals surface area contributed by atoms with Gasteiger partial charge in [0.25, 0.3) is 0 Å². The van der Waals surface area contributed by atoms with Crippen LogP contribution in [0, 0.1) is 11.8 Å². The average molecular weight is 241 g/mol. The molecule has 0 bridgehead atoms. The standard InChI is InChI=1S/C11H15NO5/c1-17-9(13)6-12-10(14)7-4-2-3-5-8(7)11(15)16/h2-3,7-8H,4-6H2,1H3,(H,12,14)(H,15,16). The van der Waals surface area contributed by atoms with Gasteiger partial charge >= 0.3 is 11.9 Å². The smallest absolute Gasteiger partial charge is 0.325 e. The van der Waals surface area contributed by atoms with Crippen LogP contribution in [0.1, 0.15) is 12.8 Å². The number of amides is 1. The number of carbonyl (C=O) groups is 3. The van der Waals surface area contributed by atoms with Crippen molar-refractivity contribution in [1.29, 1.82) is 0 Å². The Morgan fingerprint density at radius 1 is 1.29 bits per heavy atom. The number of hydrogen-bond donors (Lipinski definition) is 2. The second-order valence-electron chi connectivity index (χ2n) is 3.79. The fourth-order valence-corrected chi connectivity index (χ4v) is 1.74. The van der Waals surface area contributed by atoms with Gasteiger partial charge in [-0.15, -0.1) is 0 Å². The minimum Gasteiger partial charge on any atom is -0.481 e. The summed E-state index contributed by atoms with van der Waals surface area (Å²) in [6, 6.07) is 0. The molecule has 1 aliphatic rings. The van der Waals surface area contributed by atoms with Crippen molar-refractivity contribution >= 4 is 17.8 Å². The zero-order valence-corrected chi connectivity index (χ0v) is 9.51. The Kier molecular flexibility index (Phi) is 4.68. The highest BCUT2D eigenvalue weighted by molar-refractivity contribution is 5.87. The SMILES string of the molecule is COC(=O)CNC(=O)C1CC=CCC1C(=O)O. The number of carbonyl (C=O) groups excluding carboxylic acids is 2. The Bertz CT molecular complexity index is 350. The number of carboxylic acid groups (broad SMARTS) is 1. The summed E-state index contributed by atoms with van der Waals surface area (Å²) in [5.74, 6) is -3.32. The largest absolute Gasteiger partial charge is 0.481 e. The first-order valence-electron chi connectivity index (χ1n) is 5.28. The maximum absolute atomic E-state index is 11.7. The van der Waals surface area contributed by atoms with Crippen molar-refractivity contribution in [1.82, 2.24) is 5.32 Å². The van der Waals surface area contributed by atoms with Gasteiger partial charge in [-0.3, -0.25) is 14.4 Å². The van der Waals surface area contributed by atoms with Gasteiger partial charge in [-0.25, -0.2) is 0 Å². The predicted molar refractivity (Wildman–Crippen MR) is 58.0 cm³/mol. The molecule has 6 nitrogen and oxygen atoms in total. The van der Waals surface area contributed by atoms with Gasteiger partial charge in [0.15, 0.2) is 0 Å². The summed E-state index contributed by atoms with van der Waals surface area (Å²) in [6.07, 6.45) is 4.25. The normalized spacial score (nSPS) is 22.9. The number of methoxy groups -OCH3 is 1. The molecule has 0 fully saturated rings. The summed E-state index contributed by atoms with van der Waals surface area (Å²) in [6.45, 7) is -0.234. The highest BCUT2D eigenvalue weighted by Gasteiger charge is 2.33. The van der Waals surface area contributed by atoms with Crippen LogP contribution in [0.2, 0.25) is 0 Å². The molecule has 1 rings (SSSR count). The van der Waals surface area contributed by atoms with E-state index in [-0.39, 0.29) is 6.54 Å². The highest BCUT2D eigenvalue weighted by Crippen LogP contribution is 2.25. The van der Waals surface area contributed by atoms with Gasteiger partial charge in [0, 0.05) is 0 Å². The van der Waals surface area contributed by atoms with Crippen molar-refractivity contribution in [2.24, 2.45) is 11.8 Å². The summed E-state index contributed by atoms with van der Waals surface area (Å²) < 4.78 is 4.38. The summed E-state index contributed by atoms with van der Waals surface area (Å²) in [7, 11) is 1.22. The third-order valence-electron chi connectivity index (χ3n) is 2.72. The number of rotatable bonds is 4. The van der Waals surface area contributed by atoms with E-state index in [2.05, 4.69) is 10.1 Å². The first kappa shape index (κ1) is 13.2. The van der Waals surface area contributed by atoms with Crippen molar-refractivity contribution < 1.29 is 24.2 Å². The van der Waals surface area contributed by atoms with Crippen molar-refractivity contribution in [2.75, 3.05) is 13.7 Å². The van der Waals surface area contributed by atoms with E-state index in [0.29, 0.717) is 12.8 Å². The molecule has 0 radical (unpaired) electrons. The number of carboxylic acids is 1. The van der Waals surface area contributed by atoms with Gasteiger partial charge in [-0.1, -0.05) is 12.2 Å². The molecule has 0 aliphatic heterocycles. The number of aliphatic carboxylic acids is 1. The average Bonchev–Trinajstić information content (AvgIpc) is 2.35. The minimum absolute atomic E-state index is 0.234. The molecular formula is C11H15NO5. The van der Waals surface area contributed by atoms with E-state index < -0.39 is 29.7 Å². The van der Waals surface area contributed by atoms with Gasteiger partial charge < -0.3 is 15.2 Å². The first-order chi connectivity index (χ1) is 8.06. The van der Waals surface area contributed by atoms with E-state index in [1.807, 2.05) is 0 Å². The predicted octanol–water partition coefficient (Wildman–Crippen LogP) is -0.0574. The number of nitrogens with one attached hydrogen (secondary N) is 1. The molecule has 0 aromatic rings. The van der Waals surface area contributed by atoms with Crippen LogP contribution in [-0.4, -0.2) is 36.6 Å². The summed E-state index contributed by atoms with van der Waals surface area (Å²) in [5, 5.41) is 11.4. The molecule has 0 heterocycles. The van der Waals surface area contributed by atoms with Crippen molar-refractivity contribution in [3.63, 3.8) is 0 Å². The number of esters is 1. The zero-order valence-electron chi connectivity index (χ0n) is 9.51. The molecule has 1 amide bonds. The van der Waals surface area contributed by atoms with Crippen molar-refractivity contribution in [3.8, 4) is 0 Å². The Hall–Kier alpha value is -1.85. The molecule has 0 aromatic carbocycles. The number of hydrogen-bond acceptors (Lipinski definition) is 4. The summed E-state index contributed by atoms with van der Waals surface area (Å²) in [5.41, 5.74) is 0. The lowest BCUT2D eigenvalue weighted by Crippen LogP contribution is -2.40. The third kappa shape index (κ3) is 3.58. The fraction of sp³-hybridized carbons (Fsp3) is 0.545. The van der Waals surface area contributed by atoms with Crippen molar-refractivity contribution in [3.05, 3.63) is 12.2 Å². The minimum atomic E-state index is -0.993. The molecule has 2 atom stereocenters. The van der Waals surface area contributed by atoms with Crippen LogP contribution in [0.3, 0.4) is 0 Å². The Morgan fingerprint density at radius 2 is 1.88 bits per heavy atom. The van der Waals surface area contributed by atoms with E-state index in [9.17, 15) is 14.4 Å². The van der Waals surface area contributed by atoms with Crippen LogP contribution >= 0.6 is 0 Å². The van der Waals surface area contributed by atoms with Crippen LogP contribution in [0.25, 0.3) is 0 Å². The molecular weight excluding hydrogens is 226 g/mol.